The van der Waals surface area contributed by atoms with Crippen LogP contribution in [0.15, 0.2) is 77.2 Å². The molecule has 0 N–H and O–H groups in total. The minimum absolute atomic E-state index is 0.718. The van der Waals surface area contributed by atoms with Gasteiger partial charge in [0.1, 0.15) is 11.3 Å². The number of nitrogens with zero attached hydrogens (tertiary/aromatic N) is 4. The molecule has 1 aliphatic heterocycles. The fourth-order valence-corrected chi connectivity index (χ4v) is 4.84. The summed E-state index contributed by atoms with van der Waals surface area (Å²) >= 11 is 0. The third-order valence-corrected chi connectivity index (χ3v) is 6.61. The number of aromatic nitrogens is 3. The smallest absolute Gasteiger partial charge is 0.156 e. The Hall–Kier alpha value is -3.44. The van der Waals surface area contributed by atoms with Crippen molar-refractivity contribution in [1.29, 1.82) is 0 Å². The molecule has 1 saturated heterocycles. The number of furan rings is 1. The van der Waals surface area contributed by atoms with Crippen LogP contribution in [0, 0.1) is 0 Å². The molecule has 5 nitrogen and oxygen atoms in total. The van der Waals surface area contributed by atoms with E-state index in [2.05, 4.69) is 41.3 Å². The first kappa shape index (κ1) is 20.2. The molecule has 6 rings (SSSR count). The largest absolute Gasteiger partial charge is 0.454 e. The number of likely N-dealkylation sites (tertiary alicyclic amines) is 1. The lowest BCUT2D eigenvalue weighted by atomic mass is 10.1. The van der Waals surface area contributed by atoms with E-state index in [0.29, 0.717) is 0 Å². The van der Waals surface area contributed by atoms with Crippen LogP contribution in [-0.2, 0) is 12.8 Å². The molecule has 0 atom stereocenters. The first-order chi connectivity index (χ1) is 16.3. The van der Waals surface area contributed by atoms with Gasteiger partial charge in [0.05, 0.1) is 0 Å². The first-order valence-electron chi connectivity index (χ1n) is 12.0. The minimum atomic E-state index is 0.718. The van der Waals surface area contributed by atoms with Gasteiger partial charge in [-0.2, -0.15) is 5.10 Å². The van der Waals surface area contributed by atoms with Crippen molar-refractivity contribution in [3.63, 3.8) is 0 Å². The van der Waals surface area contributed by atoms with Gasteiger partial charge in [0.2, 0.25) is 0 Å². The van der Waals surface area contributed by atoms with Gasteiger partial charge in [0, 0.05) is 11.8 Å². The molecule has 166 valence electrons. The molecule has 0 spiro atoms. The lowest BCUT2D eigenvalue weighted by molar-refractivity contribution is 0.334. The van der Waals surface area contributed by atoms with Crippen molar-refractivity contribution in [3.05, 3.63) is 89.7 Å². The molecule has 0 bridgehead atoms. The Balaban J connectivity index is 1.17. The van der Waals surface area contributed by atoms with Crippen molar-refractivity contribution in [2.24, 2.45) is 0 Å². The zero-order valence-corrected chi connectivity index (χ0v) is 18.8. The van der Waals surface area contributed by atoms with Gasteiger partial charge in [-0.05, 0) is 80.7 Å². The van der Waals surface area contributed by atoms with Gasteiger partial charge in [-0.15, -0.1) is 0 Å². The second kappa shape index (κ2) is 8.83. The number of aryl methyl sites for hydroxylation is 1. The van der Waals surface area contributed by atoms with E-state index in [1.165, 1.54) is 50.0 Å². The van der Waals surface area contributed by atoms with Gasteiger partial charge < -0.3 is 9.32 Å². The number of para-hydroxylation sites is 1. The maximum atomic E-state index is 6.08. The van der Waals surface area contributed by atoms with Crippen LogP contribution < -0.4 is 0 Å². The van der Waals surface area contributed by atoms with E-state index in [1.54, 1.807) is 0 Å². The quantitative estimate of drug-likeness (QED) is 0.325. The Bertz CT molecular complexity index is 1340. The fourth-order valence-electron chi connectivity index (χ4n) is 4.84. The van der Waals surface area contributed by atoms with Crippen LogP contribution in [0.25, 0.3) is 28.1 Å². The first-order valence-corrected chi connectivity index (χ1v) is 12.0. The van der Waals surface area contributed by atoms with E-state index in [4.69, 9.17) is 14.5 Å². The Labute approximate surface area is 193 Å². The van der Waals surface area contributed by atoms with Crippen LogP contribution in [0.3, 0.4) is 0 Å². The number of hydrogen-bond donors (Lipinski definition) is 0. The molecule has 2 aromatic carbocycles. The maximum absolute atomic E-state index is 6.08. The molecule has 3 aromatic heterocycles. The predicted molar refractivity (Wildman–Crippen MR) is 131 cm³/mol. The molecular weight excluding hydrogens is 408 g/mol. The molecule has 5 heteroatoms. The third-order valence-electron chi connectivity index (χ3n) is 6.61. The summed E-state index contributed by atoms with van der Waals surface area (Å²) in [6.07, 6.45) is 5.83. The van der Waals surface area contributed by atoms with E-state index in [9.17, 15) is 0 Å². The normalized spacial score (nSPS) is 14.5. The van der Waals surface area contributed by atoms with E-state index in [-0.39, 0.29) is 0 Å². The average molecular weight is 437 g/mol. The second-order valence-electron chi connectivity index (χ2n) is 9.00. The predicted octanol–water partition coefficient (Wildman–Crippen LogP) is 5.76. The monoisotopic (exact) mass is 436 g/mol. The molecule has 0 radical (unpaired) electrons. The highest BCUT2D eigenvalue weighted by molar-refractivity contribution is 5.82. The van der Waals surface area contributed by atoms with Crippen LogP contribution in [0.2, 0.25) is 0 Å². The van der Waals surface area contributed by atoms with Crippen molar-refractivity contribution in [1.82, 2.24) is 19.5 Å². The van der Waals surface area contributed by atoms with Crippen molar-refractivity contribution >= 4 is 16.6 Å². The van der Waals surface area contributed by atoms with Crippen molar-refractivity contribution in [2.75, 3.05) is 19.6 Å². The molecule has 0 amide bonds. The SMILES string of the molecule is c1ccc2oc(-c3cccc4nc(Cc5ccc(CCCN6CCCC6)cc5)nn34)cc2c1. The van der Waals surface area contributed by atoms with Crippen molar-refractivity contribution < 1.29 is 4.42 Å². The Morgan fingerprint density at radius 1 is 0.848 bits per heavy atom. The molecule has 1 fully saturated rings. The molecule has 0 aliphatic carbocycles. The number of fused-ring (bicyclic) bond motifs is 2. The van der Waals surface area contributed by atoms with Crippen LogP contribution in [0.5, 0.6) is 0 Å². The van der Waals surface area contributed by atoms with E-state index in [0.717, 1.165) is 46.7 Å². The molecular formula is C28H28N4O. The lowest BCUT2D eigenvalue weighted by Crippen LogP contribution is -2.20. The van der Waals surface area contributed by atoms with Gasteiger partial charge in [0.25, 0.3) is 0 Å². The second-order valence-corrected chi connectivity index (χ2v) is 9.00. The third kappa shape index (κ3) is 4.29. The minimum Gasteiger partial charge on any atom is -0.454 e. The van der Waals surface area contributed by atoms with Gasteiger partial charge >= 0.3 is 0 Å². The summed E-state index contributed by atoms with van der Waals surface area (Å²) in [6.45, 7) is 3.78. The molecule has 0 saturated carbocycles. The molecule has 4 heterocycles. The van der Waals surface area contributed by atoms with Crippen LogP contribution in [0.1, 0.15) is 36.2 Å². The molecule has 0 unspecified atom stereocenters. The summed E-state index contributed by atoms with van der Waals surface area (Å²) in [7, 11) is 0. The Kier molecular flexibility index (Phi) is 5.40. The highest BCUT2D eigenvalue weighted by atomic mass is 16.3. The number of pyridine rings is 1. The lowest BCUT2D eigenvalue weighted by Gasteiger charge is -2.13. The van der Waals surface area contributed by atoms with Crippen LogP contribution >= 0.6 is 0 Å². The fraction of sp³-hybridized carbons (Fsp3) is 0.286. The van der Waals surface area contributed by atoms with Crippen LogP contribution in [-0.4, -0.2) is 39.1 Å². The van der Waals surface area contributed by atoms with Gasteiger partial charge in [-0.1, -0.05) is 48.5 Å². The number of rotatable bonds is 7. The zero-order valence-electron chi connectivity index (χ0n) is 18.8. The average Bonchev–Trinajstić information content (AvgIpc) is 3.59. The summed E-state index contributed by atoms with van der Waals surface area (Å²) < 4.78 is 7.96. The summed E-state index contributed by atoms with van der Waals surface area (Å²) in [5, 5.41) is 5.90. The molecule has 5 aromatic rings. The van der Waals surface area contributed by atoms with E-state index in [1.807, 2.05) is 40.9 Å². The molecule has 1 aliphatic rings. The summed E-state index contributed by atoms with van der Waals surface area (Å²) in [5.74, 6) is 1.62. The van der Waals surface area contributed by atoms with Crippen LogP contribution in [0.4, 0.5) is 0 Å². The number of hydrogen-bond acceptors (Lipinski definition) is 4. The van der Waals surface area contributed by atoms with Crippen molar-refractivity contribution in [3.8, 4) is 11.5 Å². The molecule has 33 heavy (non-hydrogen) atoms. The van der Waals surface area contributed by atoms with E-state index < -0.39 is 0 Å². The van der Waals surface area contributed by atoms with Gasteiger partial charge in [-0.25, -0.2) is 9.50 Å². The standard InChI is InChI=1S/C28H28N4O/c1-2-10-25-23(8-1)20-26(33-25)24-9-5-11-28-29-27(30-32(24)28)19-22-14-12-21(13-15-22)7-6-18-31-16-3-4-17-31/h1-2,5,8-15,20H,3-4,6-7,16-19H2. The highest BCUT2D eigenvalue weighted by Gasteiger charge is 2.13. The highest BCUT2D eigenvalue weighted by Crippen LogP contribution is 2.28. The summed E-state index contributed by atoms with van der Waals surface area (Å²) in [4.78, 5) is 7.36. The summed E-state index contributed by atoms with van der Waals surface area (Å²) in [6, 6.07) is 25.1. The van der Waals surface area contributed by atoms with Crippen molar-refractivity contribution in [2.45, 2.75) is 32.1 Å². The Morgan fingerprint density at radius 3 is 2.52 bits per heavy atom. The Morgan fingerprint density at radius 2 is 1.67 bits per heavy atom. The summed E-state index contributed by atoms with van der Waals surface area (Å²) in [5.41, 5.74) is 5.27. The van der Waals surface area contributed by atoms with Gasteiger partial charge in [-0.3, -0.25) is 0 Å². The zero-order chi connectivity index (χ0) is 22.0. The number of benzene rings is 2. The topological polar surface area (TPSA) is 46.6 Å². The maximum Gasteiger partial charge on any atom is 0.156 e. The van der Waals surface area contributed by atoms with Gasteiger partial charge in [0.15, 0.2) is 17.2 Å². The van der Waals surface area contributed by atoms with E-state index >= 15 is 0 Å².